The van der Waals surface area contributed by atoms with Gasteiger partial charge in [0.2, 0.25) is 5.91 Å². The molecule has 2 heterocycles. The topological polar surface area (TPSA) is 52.6 Å². The molecule has 1 aromatic rings. The molecule has 3 rings (SSSR count). The molecule has 7 heteroatoms. The van der Waals surface area contributed by atoms with Crippen molar-refractivity contribution in [3.63, 3.8) is 0 Å². The zero-order valence-corrected chi connectivity index (χ0v) is 14.4. The maximum atomic E-state index is 12.9. The van der Waals surface area contributed by atoms with E-state index in [1.807, 2.05) is 4.90 Å². The van der Waals surface area contributed by atoms with E-state index in [0.717, 1.165) is 30.0 Å². The van der Waals surface area contributed by atoms with Crippen LogP contribution in [0.4, 0.5) is 4.39 Å². The second-order valence-corrected chi connectivity index (χ2v) is 6.96. The van der Waals surface area contributed by atoms with E-state index >= 15 is 0 Å². The summed E-state index contributed by atoms with van der Waals surface area (Å²) in [5.74, 6) is 1.70. The van der Waals surface area contributed by atoms with Crippen LogP contribution in [-0.2, 0) is 4.79 Å². The lowest BCUT2D eigenvalue weighted by Crippen LogP contribution is -2.48. The van der Waals surface area contributed by atoms with Gasteiger partial charge in [0.1, 0.15) is 5.82 Å². The van der Waals surface area contributed by atoms with E-state index in [2.05, 4.69) is 5.32 Å². The Morgan fingerprint density at radius 1 is 1.30 bits per heavy atom. The lowest BCUT2D eigenvalue weighted by molar-refractivity contribution is -0.134. The van der Waals surface area contributed by atoms with Gasteiger partial charge in [-0.05, 0) is 36.5 Å². The zero-order chi connectivity index (χ0) is 15.5. The van der Waals surface area contributed by atoms with E-state index in [0.29, 0.717) is 13.1 Å². The van der Waals surface area contributed by atoms with E-state index in [4.69, 9.17) is 0 Å². The molecule has 1 unspecified atom stereocenters. The highest BCUT2D eigenvalue weighted by molar-refractivity contribution is 7.99. The molecular weight excluding hydrogens is 339 g/mol. The van der Waals surface area contributed by atoms with Gasteiger partial charge in [0, 0.05) is 24.7 Å². The number of hydrogen-bond acceptors (Lipinski definition) is 4. The number of carbonyl (C=O) groups is 1. The number of benzene rings is 1. The number of hydrogen-bond donors (Lipinski definition) is 2. The Morgan fingerprint density at radius 3 is 2.52 bits per heavy atom. The first kappa shape index (κ1) is 18.5. The smallest absolute Gasteiger partial charge is 0.240 e. The Kier molecular flexibility index (Phi) is 6.71. The maximum Gasteiger partial charge on any atom is 0.240 e. The monoisotopic (exact) mass is 360 g/mol. The van der Waals surface area contributed by atoms with Crippen molar-refractivity contribution in [1.82, 2.24) is 10.2 Å². The molecule has 2 aliphatic heterocycles. The molecule has 2 N–H and O–H groups in total. The number of carbonyl (C=O) groups excluding carboxylic acids is 1. The molecule has 128 valence electrons. The fraction of sp³-hybridized carbons (Fsp3) is 0.562. The quantitative estimate of drug-likeness (QED) is 0.867. The first-order valence-corrected chi connectivity index (χ1v) is 8.84. The van der Waals surface area contributed by atoms with Gasteiger partial charge in [0.15, 0.2) is 0 Å². The van der Waals surface area contributed by atoms with Crippen molar-refractivity contribution in [2.45, 2.75) is 25.0 Å². The summed E-state index contributed by atoms with van der Waals surface area (Å²) < 4.78 is 12.9. The van der Waals surface area contributed by atoms with Crippen LogP contribution in [0, 0.1) is 11.7 Å². The molecule has 2 saturated heterocycles. The molecule has 2 fully saturated rings. The summed E-state index contributed by atoms with van der Waals surface area (Å²) in [5, 5.41) is 13.6. The van der Waals surface area contributed by atoms with Crippen LogP contribution in [0.3, 0.4) is 0 Å². The van der Waals surface area contributed by atoms with Gasteiger partial charge in [-0.2, -0.15) is 0 Å². The molecule has 0 bridgehead atoms. The highest BCUT2D eigenvalue weighted by atomic mass is 35.5. The fourth-order valence-electron chi connectivity index (χ4n) is 3.14. The van der Waals surface area contributed by atoms with Crippen molar-refractivity contribution >= 4 is 30.1 Å². The lowest BCUT2D eigenvalue weighted by atomic mass is 9.87. The minimum Gasteiger partial charge on any atom is -0.388 e. The number of nitrogens with one attached hydrogen (secondary N) is 1. The molecule has 4 nitrogen and oxygen atoms in total. The summed E-state index contributed by atoms with van der Waals surface area (Å²) in [6.07, 6.45) is 0.979. The molecule has 0 aliphatic carbocycles. The molecule has 0 saturated carbocycles. The van der Waals surface area contributed by atoms with Gasteiger partial charge in [-0.1, -0.05) is 12.1 Å². The largest absolute Gasteiger partial charge is 0.388 e. The number of amides is 1. The van der Waals surface area contributed by atoms with Crippen molar-refractivity contribution in [2.75, 3.05) is 24.7 Å². The van der Waals surface area contributed by atoms with E-state index in [1.165, 1.54) is 12.1 Å². The van der Waals surface area contributed by atoms with Gasteiger partial charge in [0.25, 0.3) is 0 Å². The van der Waals surface area contributed by atoms with Crippen LogP contribution >= 0.6 is 24.2 Å². The standard InChI is InChI=1S/C16H21FN2O2S.ClH/c17-13-3-1-11(2-4-13)15(20)12-5-7-19(8-6-12)16(21)14-9-22-10-18-14;/h1-4,12,14-15,18,20H,5-10H2;1H/t14-,15?;/m1./s1. The third-order valence-corrected chi connectivity index (χ3v) is 5.46. The zero-order valence-electron chi connectivity index (χ0n) is 12.8. The number of aliphatic hydroxyl groups excluding tert-OH is 1. The van der Waals surface area contributed by atoms with Crippen LogP contribution in [0.1, 0.15) is 24.5 Å². The lowest BCUT2D eigenvalue weighted by Gasteiger charge is -2.35. The molecule has 2 atom stereocenters. The van der Waals surface area contributed by atoms with Gasteiger partial charge in [-0.15, -0.1) is 24.2 Å². The Labute approximate surface area is 146 Å². The third kappa shape index (κ3) is 4.38. The molecule has 1 aromatic carbocycles. The Balaban J connectivity index is 0.00000192. The van der Waals surface area contributed by atoms with Gasteiger partial charge in [-0.25, -0.2) is 4.39 Å². The molecule has 0 radical (unpaired) electrons. The van der Waals surface area contributed by atoms with E-state index < -0.39 is 6.10 Å². The molecule has 1 amide bonds. The number of halogens is 2. The molecule has 23 heavy (non-hydrogen) atoms. The predicted molar refractivity (Wildman–Crippen MR) is 92.2 cm³/mol. The van der Waals surface area contributed by atoms with Crippen molar-refractivity contribution in [2.24, 2.45) is 5.92 Å². The molecule has 0 aromatic heterocycles. The highest BCUT2D eigenvalue weighted by Gasteiger charge is 2.32. The maximum absolute atomic E-state index is 12.9. The summed E-state index contributed by atoms with van der Waals surface area (Å²) in [6, 6.07) is 5.97. The van der Waals surface area contributed by atoms with Crippen molar-refractivity contribution in [3.8, 4) is 0 Å². The van der Waals surface area contributed by atoms with Crippen molar-refractivity contribution in [3.05, 3.63) is 35.6 Å². The normalized spacial score (nSPS) is 23.4. The van der Waals surface area contributed by atoms with Crippen LogP contribution in [0.2, 0.25) is 0 Å². The Morgan fingerprint density at radius 2 is 1.96 bits per heavy atom. The van der Waals surface area contributed by atoms with Crippen molar-refractivity contribution < 1.29 is 14.3 Å². The fourth-order valence-corrected chi connectivity index (χ4v) is 4.07. The predicted octanol–water partition coefficient (Wildman–Crippen LogP) is 2.18. The molecule has 0 spiro atoms. The average Bonchev–Trinajstić information content (AvgIpc) is 3.09. The second kappa shape index (κ2) is 8.33. The minimum absolute atomic E-state index is 0. The van der Waals surface area contributed by atoms with Gasteiger partial charge < -0.3 is 10.0 Å². The molecular formula is C16H22ClFN2O2S. The number of rotatable bonds is 3. The Bertz CT molecular complexity index is 517. The Hall–Kier alpha value is -0.820. The van der Waals surface area contributed by atoms with Gasteiger partial charge in [0.05, 0.1) is 12.1 Å². The number of thioether (sulfide) groups is 1. The van der Waals surface area contributed by atoms with E-state index in [9.17, 15) is 14.3 Å². The van der Waals surface area contributed by atoms with Crippen LogP contribution in [0.15, 0.2) is 24.3 Å². The van der Waals surface area contributed by atoms with Crippen LogP contribution in [-0.4, -0.2) is 46.7 Å². The summed E-state index contributed by atoms with van der Waals surface area (Å²) in [5.41, 5.74) is 0.750. The van der Waals surface area contributed by atoms with E-state index in [1.54, 1.807) is 23.9 Å². The number of likely N-dealkylation sites (tertiary alicyclic amines) is 1. The summed E-state index contributed by atoms with van der Waals surface area (Å²) in [4.78, 5) is 14.2. The molecule has 2 aliphatic rings. The van der Waals surface area contributed by atoms with Crippen LogP contribution < -0.4 is 5.32 Å². The van der Waals surface area contributed by atoms with Crippen LogP contribution in [0.5, 0.6) is 0 Å². The summed E-state index contributed by atoms with van der Waals surface area (Å²) in [6.45, 7) is 1.37. The first-order chi connectivity index (χ1) is 10.6. The second-order valence-electron chi connectivity index (χ2n) is 5.93. The average molecular weight is 361 g/mol. The number of aliphatic hydroxyl groups is 1. The minimum atomic E-state index is -0.585. The third-order valence-electron chi connectivity index (χ3n) is 4.52. The SMILES string of the molecule is Cl.O=C([C@H]1CSCN1)N1CCC(C(O)c2ccc(F)cc2)CC1. The summed E-state index contributed by atoms with van der Waals surface area (Å²) in [7, 11) is 0. The highest BCUT2D eigenvalue weighted by Crippen LogP contribution is 2.31. The van der Waals surface area contributed by atoms with Crippen LogP contribution in [0.25, 0.3) is 0 Å². The van der Waals surface area contributed by atoms with E-state index in [-0.39, 0.29) is 36.1 Å². The first-order valence-electron chi connectivity index (χ1n) is 7.68. The number of nitrogens with zero attached hydrogens (tertiary/aromatic N) is 1. The van der Waals surface area contributed by atoms with Gasteiger partial charge in [-0.3, -0.25) is 10.1 Å². The summed E-state index contributed by atoms with van der Waals surface area (Å²) >= 11 is 1.75. The number of piperidine rings is 1. The van der Waals surface area contributed by atoms with Crippen molar-refractivity contribution in [1.29, 1.82) is 0 Å². The van der Waals surface area contributed by atoms with Gasteiger partial charge >= 0.3 is 0 Å².